The summed E-state index contributed by atoms with van der Waals surface area (Å²) in [7, 11) is 0. The molecule has 0 radical (unpaired) electrons. The number of hydrogen-bond donors (Lipinski definition) is 0. The lowest BCUT2D eigenvalue weighted by atomic mass is 9.95. The second-order valence-corrected chi connectivity index (χ2v) is 8.21. The zero-order chi connectivity index (χ0) is 17.6. The summed E-state index contributed by atoms with van der Waals surface area (Å²) in [6.07, 6.45) is 3.87. The molecule has 136 valence electrons. The van der Waals surface area contributed by atoms with Crippen LogP contribution in [0.5, 0.6) is 0 Å². The van der Waals surface area contributed by atoms with E-state index in [-0.39, 0.29) is 11.8 Å². The maximum absolute atomic E-state index is 12.7. The molecule has 1 aromatic carbocycles. The smallest absolute Gasteiger partial charge is 0.253 e. The van der Waals surface area contributed by atoms with Crippen LogP contribution in [0, 0.1) is 5.92 Å². The molecule has 2 aliphatic rings. The van der Waals surface area contributed by atoms with Crippen molar-refractivity contribution in [3.63, 3.8) is 0 Å². The van der Waals surface area contributed by atoms with Crippen LogP contribution in [0.4, 0.5) is 0 Å². The summed E-state index contributed by atoms with van der Waals surface area (Å²) in [5.74, 6) is 2.61. The van der Waals surface area contributed by atoms with Gasteiger partial charge in [-0.3, -0.25) is 9.59 Å². The van der Waals surface area contributed by atoms with Crippen LogP contribution in [0.3, 0.4) is 0 Å². The average molecular weight is 361 g/mol. The van der Waals surface area contributed by atoms with Gasteiger partial charge in [0.25, 0.3) is 5.91 Å². The first kappa shape index (κ1) is 18.3. The van der Waals surface area contributed by atoms with Gasteiger partial charge < -0.3 is 9.80 Å². The van der Waals surface area contributed by atoms with E-state index < -0.39 is 0 Å². The molecule has 5 heteroatoms. The van der Waals surface area contributed by atoms with Gasteiger partial charge in [-0.1, -0.05) is 19.1 Å². The summed E-state index contributed by atoms with van der Waals surface area (Å²) < 4.78 is 0. The molecule has 0 unspecified atom stereocenters. The Balaban J connectivity index is 1.51. The van der Waals surface area contributed by atoms with Crippen LogP contribution in [0.15, 0.2) is 24.3 Å². The van der Waals surface area contributed by atoms with Crippen molar-refractivity contribution in [1.29, 1.82) is 0 Å². The Morgan fingerprint density at radius 1 is 1.00 bits per heavy atom. The lowest BCUT2D eigenvalue weighted by molar-refractivity contribution is -0.135. The van der Waals surface area contributed by atoms with Crippen molar-refractivity contribution >= 4 is 23.6 Å². The lowest BCUT2D eigenvalue weighted by Gasteiger charge is -2.33. The molecular weight excluding hydrogens is 332 g/mol. The van der Waals surface area contributed by atoms with Crippen molar-refractivity contribution in [2.75, 3.05) is 31.9 Å². The third-order valence-electron chi connectivity index (χ3n) is 5.22. The van der Waals surface area contributed by atoms with Gasteiger partial charge in [-0.25, -0.2) is 0 Å². The number of hydrogen-bond acceptors (Lipinski definition) is 3. The van der Waals surface area contributed by atoms with Crippen molar-refractivity contribution in [3.8, 4) is 0 Å². The first-order valence-electron chi connectivity index (χ1n) is 9.43. The molecule has 0 saturated carbocycles. The molecule has 0 spiro atoms. The minimum Gasteiger partial charge on any atom is -0.342 e. The Kier molecular flexibility index (Phi) is 6.40. The van der Waals surface area contributed by atoms with Gasteiger partial charge in [-0.05, 0) is 49.1 Å². The standard InChI is InChI=1S/C20H28N2O2S/c1-2-25-15-16-5-7-17(8-6-16)19(23)22-13-9-18(10-14-22)20(24)21-11-3-4-12-21/h5-8,18H,2-4,9-15H2,1H3. The monoisotopic (exact) mass is 360 g/mol. The fraction of sp³-hybridized carbons (Fsp3) is 0.600. The molecule has 2 amide bonds. The van der Waals surface area contributed by atoms with Gasteiger partial charge in [0.15, 0.2) is 0 Å². The molecule has 1 aromatic rings. The number of carbonyl (C=O) groups is 2. The molecule has 0 N–H and O–H groups in total. The number of benzene rings is 1. The van der Waals surface area contributed by atoms with Gasteiger partial charge in [-0.15, -0.1) is 0 Å². The number of nitrogens with zero attached hydrogens (tertiary/aromatic N) is 2. The fourth-order valence-electron chi connectivity index (χ4n) is 3.67. The molecule has 0 bridgehead atoms. The topological polar surface area (TPSA) is 40.6 Å². The highest BCUT2D eigenvalue weighted by Gasteiger charge is 2.31. The van der Waals surface area contributed by atoms with Gasteiger partial charge in [0.2, 0.25) is 5.91 Å². The van der Waals surface area contributed by atoms with Crippen molar-refractivity contribution in [3.05, 3.63) is 35.4 Å². The molecular formula is C20H28N2O2S. The van der Waals surface area contributed by atoms with E-state index in [0.717, 1.165) is 55.8 Å². The highest BCUT2D eigenvalue weighted by Crippen LogP contribution is 2.23. The Hall–Kier alpha value is -1.49. The molecule has 0 aromatic heterocycles. The predicted octanol–water partition coefficient (Wildman–Crippen LogP) is 3.41. The SMILES string of the molecule is CCSCc1ccc(C(=O)N2CCC(C(=O)N3CCCC3)CC2)cc1. The predicted molar refractivity (Wildman–Crippen MR) is 103 cm³/mol. The highest BCUT2D eigenvalue weighted by atomic mass is 32.2. The molecule has 4 nitrogen and oxygen atoms in total. The van der Waals surface area contributed by atoms with Crippen LogP contribution in [0.2, 0.25) is 0 Å². The van der Waals surface area contributed by atoms with Crippen molar-refractivity contribution in [2.45, 2.75) is 38.4 Å². The number of thioether (sulfide) groups is 1. The number of amides is 2. The minimum absolute atomic E-state index is 0.0989. The average Bonchev–Trinajstić information content (AvgIpc) is 3.20. The maximum atomic E-state index is 12.7. The van der Waals surface area contributed by atoms with Crippen molar-refractivity contribution < 1.29 is 9.59 Å². The first-order valence-corrected chi connectivity index (χ1v) is 10.6. The van der Waals surface area contributed by atoms with Crippen LogP contribution >= 0.6 is 11.8 Å². The van der Waals surface area contributed by atoms with Crippen LogP contribution < -0.4 is 0 Å². The van der Waals surface area contributed by atoms with E-state index in [1.54, 1.807) is 0 Å². The van der Waals surface area contributed by atoms with Gasteiger partial charge >= 0.3 is 0 Å². The number of piperidine rings is 1. The maximum Gasteiger partial charge on any atom is 0.253 e. The second-order valence-electron chi connectivity index (χ2n) is 6.93. The molecule has 25 heavy (non-hydrogen) atoms. The van der Waals surface area contributed by atoms with Gasteiger partial charge in [0.05, 0.1) is 0 Å². The largest absolute Gasteiger partial charge is 0.342 e. The highest BCUT2D eigenvalue weighted by molar-refractivity contribution is 7.98. The van der Waals surface area contributed by atoms with Crippen molar-refractivity contribution in [1.82, 2.24) is 9.80 Å². The normalized spacial score (nSPS) is 18.6. The summed E-state index contributed by atoms with van der Waals surface area (Å²) in [4.78, 5) is 29.1. The Bertz CT molecular complexity index is 588. The van der Waals surface area contributed by atoms with Crippen molar-refractivity contribution in [2.24, 2.45) is 5.92 Å². The summed E-state index contributed by atoms with van der Waals surface area (Å²) in [5, 5.41) is 0. The second kappa shape index (κ2) is 8.75. The molecule has 2 aliphatic heterocycles. The van der Waals surface area contributed by atoms with Crippen LogP contribution in [0.25, 0.3) is 0 Å². The number of rotatable bonds is 5. The lowest BCUT2D eigenvalue weighted by Crippen LogP contribution is -2.43. The van der Waals surface area contributed by atoms with Gasteiger partial charge in [-0.2, -0.15) is 11.8 Å². The summed E-state index contributed by atoms with van der Waals surface area (Å²) in [6, 6.07) is 7.99. The Morgan fingerprint density at radius 3 is 2.24 bits per heavy atom. The van der Waals surface area contributed by atoms with Gasteiger partial charge in [0, 0.05) is 43.4 Å². The zero-order valence-corrected chi connectivity index (χ0v) is 15.9. The fourth-order valence-corrected chi connectivity index (χ4v) is 4.30. The van der Waals surface area contributed by atoms with Crippen LogP contribution in [-0.4, -0.2) is 53.5 Å². The Labute approximate surface area is 154 Å². The van der Waals surface area contributed by atoms with Gasteiger partial charge in [0.1, 0.15) is 0 Å². The van der Waals surface area contributed by atoms with E-state index in [1.807, 2.05) is 33.7 Å². The molecule has 0 aliphatic carbocycles. The van der Waals surface area contributed by atoms with E-state index in [1.165, 1.54) is 5.56 Å². The van der Waals surface area contributed by atoms with E-state index in [2.05, 4.69) is 19.1 Å². The van der Waals surface area contributed by atoms with E-state index in [9.17, 15) is 9.59 Å². The molecule has 2 fully saturated rings. The third-order valence-corrected chi connectivity index (χ3v) is 6.17. The number of carbonyl (C=O) groups excluding carboxylic acids is 2. The molecule has 2 saturated heterocycles. The Morgan fingerprint density at radius 2 is 1.64 bits per heavy atom. The van der Waals surface area contributed by atoms with Crippen LogP contribution in [0.1, 0.15) is 48.5 Å². The quantitative estimate of drug-likeness (QED) is 0.808. The number of likely N-dealkylation sites (tertiary alicyclic amines) is 2. The zero-order valence-electron chi connectivity index (χ0n) is 15.1. The first-order chi connectivity index (χ1) is 12.2. The van der Waals surface area contributed by atoms with E-state index >= 15 is 0 Å². The molecule has 2 heterocycles. The summed E-state index contributed by atoms with van der Waals surface area (Å²) >= 11 is 1.89. The van der Waals surface area contributed by atoms with Crippen LogP contribution in [-0.2, 0) is 10.5 Å². The molecule has 0 atom stereocenters. The molecule has 3 rings (SSSR count). The van der Waals surface area contributed by atoms with E-state index in [0.29, 0.717) is 19.0 Å². The third kappa shape index (κ3) is 4.57. The van der Waals surface area contributed by atoms with E-state index in [4.69, 9.17) is 0 Å². The summed E-state index contributed by atoms with van der Waals surface area (Å²) in [6.45, 7) is 5.37. The minimum atomic E-state index is 0.0989. The summed E-state index contributed by atoms with van der Waals surface area (Å²) in [5.41, 5.74) is 2.02.